The Bertz CT molecular complexity index is 803. The van der Waals surface area contributed by atoms with E-state index in [-0.39, 0.29) is 0 Å². The lowest BCUT2D eigenvalue weighted by atomic mass is 10.2. The van der Waals surface area contributed by atoms with Crippen LogP contribution < -0.4 is 14.8 Å². The first-order valence-corrected chi connectivity index (χ1v) is 7.45. The summed E-state index contributed by atoms with van der Waals surface area (Å²) < 4.78 is 11.3. The molecule has 114 valence electrons. The molecule has 3 aromatic rings. The van der Waals surface area contributed by atoms with Gasteiger partial charge in [-0.05, 0) is 34.1 Å². The van der Waals surface area contributed by atoms with Gasteiger partial charge >= 0.3 is 0 Å². The number of aromatic amines is 1. The van der Waals surface area contributed by atoms with Gasteiger partial charge in [0.25, 0.3) is 0 Å². The van der Waals surface area contributed by atoms with Crippen LogP contribution in [0.2, 0.25) is 0 Å². The summed E-state index contributed by atoms with van der Waals surface area (Å²) in [5.41, 5.74) is 1.94. The van der Waals surface area contributed by atoms with Crippen LogP contribution in [0.1, 0.15) is 5.56 Å². The van der Waals surface area contributed by atoms with Crippen LogP contribution in [-0.2, 0) is 6.54 Å². The molecule has 2 N–H and O–H groups in total. The SMILES string of the molecule is COc1ccc(CNc2nccc3[nH]nc(Br)c23)c(OC)c1. The van der Waals surface area contributed by atoms with E-state index in [4.69, 9.17) is 9.47 Å². The lowest BCUT2D eigenvalue weighted by Gasteiger charge is -2.12. The summed E-state index contributed by atoms with van der Waals surface area (Å²) in [7, 11) is 3.28. The molecule has 6 nitrogen and oxygen atoms in total. The number of H-pyrrole nitrogens is 1. The van der Waals surface area contributed by atoms with Gasteiger partial charge in [-0.25, -0.2) is 4.98 Å². The van der Waals surface area contributed by atoms with Gasteiger partial charge in [0, 0.05) is 24.4 Å². The normalized spacial score (nSPS) is 10.7. The van der Waals surface area contributed by atoms with Gasteiger partial charge in [-0.2, -0.15) is 5.10 Å². The highest BCUT2D eigenvalue weighted by Crippen LogP contribution is 2.29. The van der Waals surface area contributed by atoms with Gasteiger partial charge in [-0.15, -0.1) is 0 Å². The molecule has 22 heavy (non-hydrogen) atoms. The molecule has 0 amide bonds. The van der Waals surface area contributed by atoms with E-state index in [1.807, 2.05) is 24.3 Å². The molecule has 0 aliphatic carbocycles. The van der Waals surface area contributed by atoms with E-state index in [0.29, 0.717) is 6.54 Å². The Morgan fingerprint density at radius 2 is 2.09 bits per heavy atom. The molecule has 3 rings (SSSR count). The molecule has 2 aromatic heterocycles. The zero-order valence-corrected chi connectivity index (χ0v) is 13.8. The van der Waals surface area contributed by atoms with E-state index < -0.39 is 0 Å². The highest BCUT2D eigenvalue weighted by Gasteiger charge is 2.10. The Morgan fingerprint density at radius 3 is 2.86 bits per heavy atom. The number of ether oxygens (including phenoxy) is 2. The summed E-state index contributed by atoms with van der Waals surface area (Å²) in [5.74, 6) is 2.29. The third-order valence-electron chi connectivity index (χ3n) is 3.37. The smallest absolute Gasteiger partial charge is 0.139 e. The van der Waals surface area contributed by atoms with Crippen molar-refractivity contribution < 1.29 is 9.47 Å². The first-order valence-electron chi connectivity index (χ1n) is 6.66. The summed E-state index contributed by atoms with van der Waals surface area (Å²) in [4.78, 5) is 4.38. The molecular formula is C15H15BrN4O2. The van der Waals surface area contributed by atoms with E-state index in [2.05, 4.69) is 36.4 Å². The van der Waals surface area contributed by atoms with Crippen molar-refractivity contribution in [3.05, 3.63) is 40.6 Å². The van der Waals surface area contributed by atoms with E-state index in [0.717, 1.165) is 38.4 Å². The number of rotatable bonds is 5. The number of nitrogens with one attached hydrogen (secondary N) is 2. The lowest BCUT2D eigenvalue weighted by molar-refractivity contribution is 0.391. The zero-order chi connectivity index (χ0) is 15.5. The third kappa shape index (κ3) is 2.71. The minimum Gasteiger partial charge on any atom is -0.497 e. The van der Waals surface area contributed by atoms with Crippen LogP contribution in [0.25, 0.3) is 10.9 Å². The topological polar surface area (TPSA) is 72.1 Å². The standard InChI is InChI=1S/C15H15BrN4O2/c1-21-10-4-3-9(12(7-10)22-2)8-18-15-13-11(5-6-17-15)19-20-14(13)16/h3-7H,8H2,1-2H3,(H,17,18)(H,19,20). The molecule has 1 aromatic carbocycles. The molecule has 2 heterocycles. The predicted octanol–water partition coefficient (Wildman–Crippen LogP) is 3.35. The molecule has 7 heteroatoms. The van der Waals surface area contributed by atoms with Crippen LogP contribution >= 0.6 is 15.9 Å². The number of fused-ring (bicyclic) bond motifs is 1. The number of nitrogens with zero attached hydrogens (tertiary/aromatic N) is 2. The van der Waals surface area contributed by atoms with Crippen molar-refractivity contribution in [3.63, 3.8) is 0 Å². The molecule has 0 unspecified atom stereocenters. The van der Waals surface area contributed by atoms with E-state index in [9.17, 15) is 0 Å². The highest BCUT2D eigenvalue weighted by molar-refractivity contribution is 9.10. The van der Waals surface area contributed by atoms with Crippen LogP contribution in [0.3, 0.4) is 0 Å². The van der Waals surface area contributed by atoms with E-state index in [1.54, 1.807) is 20.4 Å². The number of halogens is 1. The zero-order valence-electron chi connectivity index (χ0n) is 12.2. The number of aromatic nitrogens is 3. The molecule has 0 spiro atoms. The molecule has 0 atom stereocenters. The van der Waals surface area contributed by atoms with Crippen molar-refractivity contribution in [1.29, 1.82) is 0 Å². The van der Waals surface area contributed by atoms with Crippen molar-refractivity contribution in [2.75, 3.05) is 19.5 Å². The molecule has 0 bridgehead atoms. The van der Waals surface area contributed by atoms with Crippen LogP contribution in [-0.4, -0.2) is 29.4 Å². The van der Waals surface area contributed by atoms with Gasteiger partial charge in [0.05, 0.1) is 25.1 Å². The predicted molar refractivity (Wildman–Crippen MR) is 88.5 cm³/mol. The van der Waals surface area contributed by atoms with Gasteiger partial charge < -0.3 is 14.8 Å². The summed E-state index contributed by atoms with van der Waals surface area (Å²) >= 11 is 3.43. The van der Waals surface area contributed by atoms with Crippen molar-refractivity contribution in [2.24, 2.45) is 0 Å². The van der Waals surface area contributed by atoms with Gasteiger partial charge in [-0.3, -0.25) is 5.10 Å². The maximum absolute atomic E-state index is 5.40. The largest absolute Gasteiger partial charge is 0.497 e. The number of hydrogen-bond donors (Lipinski definition) is 2. The number of pyridine rings is 1. The van der Waals surface area contributed by atoms with Crippen molar-refractivity contribution in [3.8, 4) is 11.5 Å². The average Bonchev–Trinajstić information content (AvgIpc) is 2.94. The number of anilines is 1. The maximum atomic E-state index is 5.40. The van der Waals surface area contributed by atoms with Crippen LogP contribution in [0.5, 0.6) is 11.5 Å². The average molecular weight is 363 g/mol. The molecule has 0 fully saturated rings. The van der Waals surface area contributed by atoms with Crippen molar-refractivity contribution in [1.82, 2.24) is 15.2 Å². The van der Waals surface area contributed by atoms with Gasteiger partial charge in [0.1, 0.15) is 21.9 Å². The maximum Gasteiger partial charge on any atom is 0.139 e. The third-order valence-corrected chi connectivity index (χ3v) is 3.95. The van der Waals surface area contributed by atoms with Crippen molar-refractivity contribution >= 4 is 32.7 Å². The Balaban J connectivity index is 1.87. The number of benzene rings is 1. The first kappa shape index (κ1) is 14.6. The Morgan fingerprint density at radius 1 is 1.23 bits per heavy atom. The fourth-order valence-electron chi connectivity index (χ4n) is 2.24. The Hall–Kier alpha value is -2.28. The van der Waals surface area contributed by atoms with E-state index in [1.165, 1.54) is 0 Å². The number of hydrogen-bond acceptors (Lipinski definition) is 5. The molecule has 0 aliphatic heterocycles. The lowest BCUT2D eigenvalue weighted by Crippen LogP contribution is -2.03. The molecule has 0 radical (unpaired) electrons. The minimum absolute atomic E-state index is 0.580. The monoisotopic (exact) mass is 362 g/mol. The van der Waals surface area contributed by atoms with Gasteiger partial charge in [0.2, 0.25) is 0 Å². The summed E-state index contributed by atoms with van der Waals surface area (Å²) in [6, 6.07) is 7.61. The Kier molecular flexibility index (Phi) is 4.15. The van der Waals surface area contributed by atoms with Gasteiger partial charge in [0.15, 0.2) is 0 Å². The molecule has 0 saturated carbocycles. The molecular weight excluding hydrogens is 348 g/mol. The van der Waals surface area contributed by atoms with Gasteiger partial charge in [-0.1, -0.05) is 0 Å². The second kappa shape index (κ2) is 6.23. The summed E-state index contributed by atoms with van der Waals surface area (Å²) in [5, 5.41) is 11.3. The van der Waals surface area contributed by atoms with Crippen molar-refractivity contribution in [2.45, 2.75) is 6.54 Å². The summed E-state index contributed by atoms with van der Waals surface area (Å²) in [6.07, 6.45) is 1.74. The first-order chi connectivity index (χ1) is 10.7. The van der Waals surface area contributed by atoms with Crippen LogP contribution in [0.15, 0.2) is 35.1 Å². The summed E-state index contributed by atoms with van der Waals surface area (Å²) in [6.45, 7) is 0.580. The van der Waals surface area contributed by atoms with Crippen LogP contribution in [0, 0.1) is 0 Å². The molecule has 0 saturated heterocycles. The fraction of sp³-hybridized carbons (Fsp3) is 0.200. The fourth-order valence-corrected chi connectivity index (χ4v) is 2.73. The number of methoxy groups -OCH3 is 2. The molecule has 0 aliphatic rings. The minimum atomic E-state index is 0.580. The highest BCUT2D eigenvalue weighted by atomic mass is 79.9. The Labute approximate surface area is 136 Å². The second-order valence-electron chi connectivity index (χ2n) is 4.63. The second-order valence-corrected chi connectivity index (χ2v) is 5.38. The quantitative estimate of drug-likeness (QED) is 0.728. The van der Waals surface area contributed by atoms with Crippen LogP contribution in [0.4, 0.5) is 5.82 Å². The van der Waals surface area contributed by atoms with E-state index >= 15 is 0 Å².